The minimum Gasteiger partial charge on any atom is -0.463 e. The second kappa shape index (κ2) is 21.4. The molecule has 10 atom stereocenters. The Kier molecular flexibility index (Phi) is 17.3. The number of ether oxygens (including phenoxy) is 10. The van der Waals surface area contributed by atoms with E-state index in [1.807, 2.05) is 0 Å². The molecular formula is C34H42ClN3O17S. The molecule has 0 radical (unpaired) electrons. The third kappa shape index (κ3) is 14.0. The second-order valence-corrected chi connectivity index (χ2v) is 12.9. The van der Waals surface area contributed by atoms with E-state index in [9.17, 15) is 33.6 Å². The van der Waals surface area contributed by atoms with Gasteiger partial charge in [-0.3, -0.25) is 39.0 Å². The number of nitrogens with one attached hydrogen (secondary N) is 2. The van der Waals surface area contributed by atoms with Crippen LogP contribution in [0.25, 0.3) is 0 Å². The van der Waals surface area contributed by atoms with E-state index in [4.69, 9.17) is 71.2 Å². The molecule has 2 saturated heterocycles. The minimum absolute atomic E-state index is 0.178. The van der Waals surface area contributed by atoms with Gasteiger partial charge < -0.3 is 52.7 Å². The second-order valence-electron chi connectivity index (χ2n) is 12.1. The van der Waals surface area contributed by atoms with Gasteiger partial charge in [-0.15, -0.1) is 0 Å². The van der Waals surface area contributed by atoms with Crippen LogP contribution in [0.15, 0.2) is 29.4 Å². The van der Waals surface area contributed by atoms with E-state index < -0.39 is 116 Å². The van der Waals surface area contributed by atoms with Crippen molar-refractivity contribution < 1.29 is 80.9 Å². The number of nitrogens with zero attached hydrogens (tertiary/aromatic N) is 1. The summed E-state index contributed by atoms with van der Waals surface area (Å²) in [4.78, 5) is 86.0. The summed E-state index contributed by atoms with van der Waals surface area (Å²) < 4.78 is 56.5. The van der Waals surface area contributed by atoms with Crippen molar-refractivity contribution in [3.05, 3.63) is 34.9 Å². The Bertz CT molecular complexity index is 1660. The van der Waals surface area contributed by atoms with Gasteiger partial charge in [-0.25, -0.2) is 0 Å². The molecule has 0 amide bonds. The molecule has 0 bridgehead atoms. The maximum absolute atomic E-state index is 12.6. The highest BCUT2D eigenvalue weighted by molar-refractivity contribution is 7.80. The van der Waals surface area contributed by atoms with E-state index in [2.05, 4.69) is 15.8 Å². The van der Waals surface area contributed by atoms with Gasteiger partial charge in [0.1, 0.15) is 31.5 Å². The summed E-state index contributed by atoms with van der Waals surface area (Å²) in [5, 5.41) is 7.05. The van der Waals surface area contributed by atoms with Crippen LogP contribution in [0.3, 0.4) is 0 Å². The first-order chi connectivity index (χ1) is 26.4. The number of carbonyl (C=O) groups excluding carboxylic acids is 7. The average Bonchev–Trinajstić information content (AvgIpc) is 3.08. The molecule has 20 nitrogen and oxygen atoms in total. The van der Waals surface area contributed by atoms with Crippen molar-refractivity contribution in [1.82, 2.24) is 10.7 Å². The number of thiocarbonyl (C=S) groups is 1. The molecule has 22 heteroatoms. The van der Waals surface area contributed by atoms with Crippen molar-refractivity contribution >= 4 is 76.9 Å². The molecule has 0 spiro atoms. The smallest absolute Gasteiger partial charge is 0.303 e. The van der Waals surface area contributed by atoms with Crippen molar-refractivity contribution in [3.8, 4) is 0 Å². The van der Waals surface area contributed by atoms with Crippen LogP contribution in [0.4, 0.5) is 0 Å². The molecule has 0 saturated carbocycles. The van der Waals surface area contributed by atoms with E-state index in [0.717, 1.165) is 48.5 Å². The molecule has 56 heavy (non-hydrogen) atoms. The fraction of sp³-hybridized carbons (Fsp3) is 0.559. The number of benzene rings is 1. The number of carbonyl (C=O) groups is 7. The summed E-state index contributed by atoms with van der Waals surface area (Å²) in [7, 11) is 0. The van der Waals surface area contributed by atoms with Crippen molar-refractivity contribution in [2.24, 2.45) is 5.10 Å². The maximum Gasteiger partial charge on any atom is 0.303 e. The molecule has 1 aromatic rings. The van der Waals surface area contributed by atoms with E-state index in [-0.39, 0.29) is 5.11 Å². The van der Waals surface area contributed by atoms with Gasteiger partial charge in [-0.1, -0.05) is 29.8 Å². The SMILES string of the molecule is CC(=O)OC[C@H]1O[C@@H](O[C@H]2[C@H](OC(C)=O)[C@@H](OC(C)=O)[C@H](NC(=S)N/N=C/c3ccccc3Cl)O[C@@H]2COC(C)=O)[C@H](OC(C)=O)[C@@H](OC(C)=O)[C@H]1OC(C)=O. The summed E-state index contributed by atoms with van der Waals surface area (Å²) in [5.74, 6) is -6.01. The number of hydrogen-bond acceptors (Lipinski definition) is 19. The van der Waals surface area contributed by atoms with E-state index in [0.29, 0.717) is 10.6 Å². The zero-order valence-corrected chi connectivity index (χ0v) is 32.8. The van der Waals surface area contributed by atoms with Crippen molar-refractivity contribution in [3.63, 3.8) is 0 Å². The third-order valence-corrected chi connectivity index (χ3v) is 8.03. The Labute approximate surface area is 331 Å². The summed E-state index contributed by atoms with van der Waals surface area (Å²) >= 11 is 11.6. The van der Waals surface area contributed by atoms with Gasteiger partial charge in [0, 0.05) is 59.1 Å². The maximum atomic E-state index is 12.6. The molecule has 0 aliphatic carbocycles. The van der Waals surface area contributed by atoms with Gasteiger partial charge in [0.25, 0.3) is 0 Å². The Morgan fingerprint density at radius 1 is 0.661 bits per heavy atom. The molecule has 2 heterocycles. The normalized spacial score (nSPS) is 27.1. The highest BCUT2D eigenvalue weighted by Crippen LogP contribution is 2.35. The largest absolute Gasteiger partial charge is 0.463 e. The van der Waals surface area contributed by atoms with Gasteiger partial charge in [-0.05, 0) is 18.3 Å². The monoisotopic (exact) mass is 831 g/mol. The fourth-order valence-corrected chi connectivity index (χ4v) is 5.88. The van der Waals surface area contributed by atoms with Gasteiger partial charge in [-0.2, -0.15) is 5.10 Å². The van der Waals surface area contributed by atoms with Crippen LogP contribution in [-0.4, -0.2) is 128 Å². The zero-order chi connectivity index (χ0) is 41.7. The van der Waals surface area contributed by atoms with Crippen LogP contribution in [0, 0.1) is 0 Å². The summed E-state index contributed by atoms with van der Waals surface area (Å²) in [5.41, 5.74) is 3.12. The van der Waals surface area contributed by atoms with E-state index >= 15 is 0 Å². The van der Waals surface area contributed by atoms with Gasteiger partial charge >= 0.3 is 41.8 Å². The van der Waals surface area contributed by atoms with Crippen molar-refractivity contribution in [2.45, 2.75) is 110 Å². The number of rotatable bonds is 14. The Morgan fingerprint density at radius 3 is 1.64 bits per heavy atom. The molecule has 2 aliphatic heterocycles. The fourth-order valence-electron chi connectivity index (χ4n) is 5.53. The molecule has 2 N–H and O–H groups in total. The van der Waals surface area contributed by atoms with E-state index in [1.54, 1.807) is 24.3 Å². The summed E-state index contributed by atoms with van der Waals surface area (Å²) in [6.07, 6.45) is -14.5. The van der Waals surface area contributed by atoms with Crippen LogP contribution in [-0.2, 0) is 80.9 Å². The lowest BCUT2D eigenvalue weighted by Crippen LogP contribution is -2.69. The first-order valence-corrected chi connectivity index (χ1v) is 17.6. The molecule has 1 aromatic carbocycles. The molecule has 3 rings (SSSR count). The molecule has 0 aromatic heterocycles. The molecule has 2 aliphatic rings. The quantitative estimate of drug-likeness (QED) is 0.0863. The zero-order valence-electron chi connectivity index (χ0n) is 31.2. The molecule has 0 unspecified atom stereocenters. The van der Waals surface area contributed by atoms with Gasteiger partial charge in [0.15, 0.2) is 48.2 Å². The first kappa shape index (κ1) is 45.4. The predicted octanol–water partition coefficient (Wildman–Crippen LogP) is 0.758. The standard InChI is InChI=1S/C34H42ClN3O17S/c1-15(39)46-13-24-27(55-33-31(52-21(7)45)29(50-19(5)43)26(48-17(3)41)25(54-33)14-47-16(2)40)28(49-18(4)42)30(51-20(6)44)32(53-24)37-34(56)38-36-12-22-10-8-9-11-23(22)35/h8-12,24-33H,13-14H2,1-7H3,(H2,37,38,56)/b36-12+/t24-,25-,26+,27-,28+,29+,30-,31-,32-,33+/m1/s1. The minimum atomic E-state index is -1.83. The van der Waals surface area contributed by atoms with E-state index in [1.165, 1.54) is 6.21 Å². The topological polar surface area (TPSA) is 248 Å². The predicted molar refractivity (Wildman–Crippen MR) is 191 cm³/mol. The highest BCUT2D eigenvalue weighted by atomic mass is 35.5. The number of hydrogen-bond donors (Lipinski definition) is 2. The Balaban J connectivity index is 2.10. The Morgan fingerprint density at radius 2 is 1.12 bits per heavy atom. The first-order valence-electron chi connectivity index (χ1n) is 16.8. The van der Waals surface area contributed by atoms with Gasteiger partial charge in [0.05, 0.1) is 6.21 Å². The van der Waals surface area contributed by atoms with Crippen LogP contribution >= 0.6 is 23.8 Å². The lowest BCUT2D eigenvalue weighted by molar-refractivity contribution is -0.345. The Hall–Kier alpha value is -4.96. The van der Waals surface area contributed by atoms with Crippen LogP contribution < -0.4 is 10.7 Å². The summed E-state index contributed by atoms with van der Waals surface area (Å²) in [6, 6.07) is 6.81. The number of hydrazone groups is 1. The molecule has 2 fully saturated rings. The molecule has 308 valence electrons. The summed E-state index contributed by atoms with van der Waals surface area (Å²) in [6.45, 7) is 6.23. The highest BCUT2D eigenvalue weighted by Gasteiger charge is 2.57. The number of esters is 7. The van der Waals surface area contributed by atoms with Crippen LogP contribution in [0.1, 0.15) is 54.0 Å². The number of halogens is 1. The lowest BCUT2D eigenvalue weighted by atomic mass is 9.95. The van der Waals surface area contributed by atoms with Crippen LogP contribution in [0.5, 0.6) is 0 Å². The average molecular weight is 832 g/mol. The third-order valence-electron chi connectivity index (χ3n) is 7.48. The van der Waals surface area contributed by atoms with Crippen molar-refractivity contribution in [1.29, 1.82) is 0 Å². The van der Waals surface area contributed by atoms with Crippen LogP contribution in [0.2, 0.25) is 5.02 Å². The van der Waals surface area contributed by atoms with Gasteiger partial charge in [0.2, 0.25) is 0 Å². The lowest BCUT2D eigenvalue weighted by Gasteiger charge is -2.49. The van der Waals surface area contributed by atoms with Crippen molar-refractivity contribution in [2.75, 3.05) is 13.2 Å². The molecular weight excluding hydrogens is 790 g/mol.